The highest BCUT2D eigenvalue weighted by Gasteiger charge is 2.43. The number of fused-ring (bicyclic) bond motifs is 1. The second-order valence-corrected chi connectivity index (χ2v) is 10.2. The Morgan fingerprint density at radius 1 is 1.07 bits per heavy atom. The molecule has 0 fully saturated rings. The first-order chi connectivity index (χ1) is 19.8. The molecule has 1 aliphatic carbocycles. The molecule has 2 aromatic carbocycles. The van der Waals surface area contributed by atoms with Gasteiger partial charge in [0.15, 0.2) is 0 Å². The number of primary amides is 1. The third kappa shape index (κ3) is 5.70. The monoisotopic (exact) mass is 552 g/mol. The molecular weight excluding hydrogens is 520 g/mol. The summed E-state index contributed by atoms with van der Waals surface area (Å²) < 4.78 is 11.6. The Labute approximate surface area is 238 Å². The Morgan fingerprint density at radius 3 is 2.63 bits per heavy atom. The standard InChI is InChI=1S/C32H32N4O5/c1-18-13-14-34-27(15-18)36-32(39)28-19(2)35-23-8-6-9-24(37)30(23)29(28)20-11-12-25(40-3)21(16-20)17-41-26-10-5-4-7-22(26)31(33)38/h4-5,7-8,10-16,29-30,35H,6,9,17H2,1-3H3,(H2,33,38)(H,34,36,39). The molecule has 0 saturated heterocycles. The van der Waals surface area contributed by atoms with Gasteiger partial charge in [-0.1, -0.05) is 24.3 Å². The number of benzene rings is 2. The number of aryl methyl sites for hydroxylation is 1. The fourth-order valence-electron chi connectivity index (χ4n) is 5.52. The number of methoxy groups -OCH3 is 1. The van der Waals surface area contributed by atoms with Crippen LogP contribution in [0.3, 0.4) is 0 Å². The maximum atomic E-state index is 13.8. The summed E-state index contributed by atoms with van der Waals surface area (Å²) in [5.41, 5.74) is 10.1. The van der Waals surface area contributed by atoms with E-state index in [2.05, 4.69) is 15.6 Å². The Bertz CT molecular complexity index is 1590. The number of hydrogen-bond acceptors (Lipinski definition) is 7. The summed E-state index contributed by atoms with van der Waals surface area (Å²) in [5, 5.41) is 6.24. The van der Waals surface area contributed by atoms with Crippen LogP contribution in [0, 0.1) is 12.8 Å². The van der Waals surface area contributed by atoms with Crippen molar-refractivity contribution in [1.82, 2.24) is 10.3 Å². The number of aromatic nitrogens is 1. The molecule has 41 heavy (non-hydrogen) atoms. The maximum Gasteiger partial charge on any atom is 0.255 e. The molecule has 1 aliphatic heterocycles. The number of ether oxygens (including phenoxy) is 2. The molecule has 0 radical (unpaired) electrons. The van der Waals surface area contributed by atoms with E-state index in [0.29, 0.717) is 47.0 Å². The van der Waals surface area contributed by atoms with Gasteiger partial charge in [-0.2, -0.15) is 0 Å². The van der Waals surface area contributed by atoms with Gasteiger partial charge in [0.1, 0.15) is 29.7 Å². The van der Waals surface area contributed by atoms with E-state index in [1.54, 1.807) is 49.7 Å². The number of amides is 2. The molecule has 9 heteroatoms. The number of hydrogen-bond donors (Lipinski definition) is 3. The molecule has 2 unspecified atom stereocenters. The van der Waals surface area contributed by atoms with Gasteiger partial charge in [0, 0.05) is 41.1 Å². The predicted molar refractivity (Wildman–Crippen MR) is 154 cm³/mol. The second-order valence-electron chi connectivity index (χ2n) is 10.2. The van der Waals surface area contributed by atoms with Crippen molar-refractivity contribution >= 4 is 23.4 Å². The number of carbonyl (C=O) groups is 3. The Kier molecular flexibility index (Phi) is 7.87. The molecule has 0 bridgehead atoms. The third-order valence-corrected chi connectivity index (χ3v) is 7.42. The van der Waals surface area contributed by atoms with E-state index in [4.69, 9.17) is 15.2 Å². The number of ketones is 1. The molecule has 210 valence electrons. The number of allylic oxidation sites excluding steroid dienone is 3. The van der Waals surface area contributed by atoms with Crippen LogP contribution in [0.1, 0.15) is 52.7 Å². The first-order valence-corrected chi connectivity index (χ1v) is 13.4. The Hall–Kier alpha value is -4.92. The average Bonchev–Trinajstić information content (AvgIpc) is 2.95. The van der Waals surface area contributed by atoms with Crippen molar-refractivity contribution in [2.45, 2.75) is 39.2 Å². The fraction of sp³-hybridized carbons (Fsp3) is 0.250. The van der Waals surface area contributed by atoms with E-state index in [-0.39, 0.29) is 23.9 Å². The van der Waals surface area contributed by atoms with Crippen LogP contribution < -0.4 is 25.8 Å². The molecule has 2 heterocycles. The first kappa shape index (κ1) is 27.6. The molecule has 0 spiro atoms. The van der Waals surface area contributed by atoms with Gasteiger partial charge in [0.05, 0.1) is 18.6 Å². The summed E-state index contributed by atoms with van der Waals surface area (Å²) in [5.74, 6) is -0.606. The molecule has 2 atom stereocenters. The Morgan fingerprint density at radius 2 is 1.88 bits per heavy atom. The van der Waals surface area contributed by atoms with Gasteiger partial charge < -0.3 is 25.8 Å². The summed E-state index contributed by atoms with van der Waals surface area (Å²) in [7, 11) is 1.56. The van der Waals surface area contributed by atoms with E-state index in [0.717, 1.165) is 16.8 Å². The third-order valence-electron chi connectivity index (χ3n) is 7.42. The molecular formula is C32H32N4O5. The van der Waals surface area contributed by atoms with Gasteiger partial charge in [-0.15, -0.1) is 0 Å². The number of anilines is 1. The van der Waals surface area contributed by atoms with Crippen molar-refractivity contribution in [2.75, 3.05) is 12.4 Å². The molecule has 2 amide bonds. The summed E-state index contributed by atoms with van der Waals surface area (Å²) in [6.45, 7) is 3.84. The first-order valence-electron chi connectivity index (χ1n) is 13.4. The fourth-order valence-corrected chi connectivity index (χ4v) is 5.52. The van der Waals surface area contributed by atoms with Crippen molar-refractivity contribution in [3.63, 3.8) is 0 Å². The summed E-state index contributed by atoms with van der Waals surface area (Å²) in [6.07, 6.45) is 4.72. The molecule has 1 aromatic heterocycles. The lowest BCUT2D eigenvalue weighted by Gasteiger charge is -2.38. The van der Waals surface area contributed by atoms with E-state index in [1.165, 1.54) is 0 Å². The quantitative estimate of drug-likeness (QED) is 0.374. The van der Waals surface area contributed by atoms with Crippen LogP contribution in [-0.2, 0) is 16.2 Å². The Balaban J connectivity index is 1.55. The van der Waals surface area contributed by atoms with Gasteiger partial charge >= 0.3 is 0 Å². The largest absolute Gasteiger partial charge is 0.496 e. The van der Waals surface area contributed by atoms with E-state index >= 15 is 0 Å². The minimum absolute atomic E-state index is 0.0653. The van der Waals surface area contributed by atoms with Crippen LogP contribution in [-0.4, -0.2) is 29.7 Å². The minimum atomic E-state index is -0.592. The lowest BCUT2D eigenvalue weighted by atomic mass is 9.70. The van der Waals surface area contributed by atoms with Crippen molar-refractivity contribution in [1.29, 1.82) is 0 Å². The molecule has 2 aliphatic rings. The topological polar surface area (TPSA) is 133 Å². The zero-order valence-electron chi connectivity index (χ0n) is 23.2. The molecule has 9 nitrogen and oxygen atoms in total. The van der Waals surface area contributed by atoms with Gasteiger partial charge in [-0.25, -0.2) is 4.98 Å². The van der Waals surface area contributed by atoms with Crippen LogP contribution in [0.5, 0.6) is 11.5 Å². The predicted octanol–water partition coefficient (Wildman–Crippen LogP) is 4.54. The normalized spacial score (nSPS) is 18.1. The highest BCUT2D eigenvalue weighted by atomic mass is 16.5. The van der Waals surface area contributed by atoms with Crippen LogP contribution in [0.15, 0.2) is 83.8 Å². The smallest absolute Gasteiger partial charge is 0.255 e. The molecule has 3 aromatic rings. The number of carbonyl (C=O) groups excluding carboxylic acids is 3. The molecule has 4 N–H and O–H groups in total. The number of rotatable bonds is 8. The van der Waals surface area contributed by atoms with Gasteiger partial charge in [-0.3, -0.25) is 14.4 Å². The second kappa shape index (κ2) is 11.7. The molecule has 5 rings (SSSR count). The van der Waals surface area contributed by atoms with Crippen LogP contribution in [0.4, 0.5) is 5.82 Å². The van der Waals surface area contributed by atoms with Gasteiger partial charge in [0.25, 0.3) is 11.8 Å². The highest BCUT2D eigenvalue weighted by Crippen LogP contribution is 2.44. The summed E-state index contributed by atoms with van der Waals surface area (Å²) >= 11 is 0. The number of para-hydroxylation sites is 1. The summed E-state index contributed by atoms with van der Waals surface area (Å²) in [6, 6.07) is 16.0. The van der Waals surface area contributed by atoms with Crippen molar-refractivity contribution in [2.24, 2.45) is 11.7 Å². The van der Waals surface area contributed by atoms with Gasteiger partial charge in [-0.05, 0) is 67.8 Å². The minimum Gasteiger partial charge on any atom is -0.496 e. The van der Waals surface area contributed by atoms with Crippen LogP contribution >= 0.6 is 0 Å². The number of pyridine rings is 1. The maximum absolute atomic E-state index is 13.8. The van der Waals surface area contributed by atoms with Gasteiger partial charge in [0.2, 0.25) is 0 Å². The zero-order chi connectivity index (χ0) is 29.1. The van der Waals surface area contributed by atoms with Crippen LogP contribution in [0.25, 0.3) is 0 Å². The van der Waals surface area contributed by atoms with Crippen LogP contribution in [0.2, 0.25) is 0 Å². The number of nitrogens with two attached hydrogens (primary N) is 1. The number of nitrogens with one attached hydrogen (secondary N) is 2. The lowest BCUT2D eigenvalue weighted by molar-refractivity contribution is -0.122. The number of nitrogens with zero attached hydrogens (tertiary/aromatic N) is 1. The van der Waals surface area contributed by atoms with Crippen molar-refractivity contribution < 1.29 is 23.9 Å². The van der Waals surface area contributed by atoms with E-state index in [1.807, 2.05) is 38.1 Å². The number of Topliss-reactive ketones (excluding diaryl/α,β-unsaturated/α-hetero) is 1. The SMILES string of the molecule is COc1ccc(C2C(C(=O)Nc3cc(C)ccn3)=C(C)NC3=CCCC(=O)C32)cc1COc1ccccc1C(N)=O. The zero-order valence-corrected chi connectivity index (χ0v) is 23.2. The van der Waals surface area contributed by atoms with Crippen molar-refractivity contribution in [3.05, 3.63) is 106 Å². The summed E-state index contributed by atoms with van der Waals surface area (Å²) in [4.78, 5) is 43.3. The van der Waals surface area contributed by atoms with Crippen molar-refractivity contribution in [3.8, 4) is 11.5 Å². The van der Waals surface area contributed by atoms with E-state index in [9.17, 15) is 14.4 Å². The lowest BCUT2D eigenvalue weighted by Crippen LogP contribution is -2.41. The highest BCUT2D eigenvalue weighted by molar-refractivity contribution is 6.06. The molecule has 0 saturated carbocycles. The average molecular weight is 553 g/mol. The van der Waals surface area contributed by atoms with E-state index < -0.39 is 17.7 Å².